The van der Waals surface area contributed by atoms with E-state index in [1.165, 1.54) is 11.1 Å². The molecule has 4 aliphatic rings. The number of rotatable bonds is 3. The maximum atomic E-state index is 10.9. The van der Waals surface area contributed by atoms with Gasteiger partial charge in [0.2, 0.25) is 0 Å². The summed E-state index contributed by atoms with van der Waals surface area (Å²) in [6, 6.07) is 4.45. The van der Waals surface area contributed by atoms with Gasteiger partial charge in [0, 0.05) is 31.7 Å². The molecule has 4 unspecified atom stereocenters. The molecule has 6 heteroatoms. The summed E-state index contributed by atoms with van der Waals surface area (Å²) in [6.45, 7) is 0.967. The first-order valence-electron chi connectivity index (χ1n) is 9.12. The Balaban J connectivity index is 1.84. The molecule has 5 rings (SSSR count). The highest BCUT2D eigenvalue weighted by Gasteiger charge is 2.71. The van der Waals surface area contributed by atoms with Crippen molar-refractivity contribution in [1.29, 1.82) is 0 Å². The highest BCUT2D eigenvalue weighted by atomic mass is 16.7. The van der Waals surface area contributed by atoms with Crippen LogP contribution < -0.4 is 9.47 Å². The first-order valence-corrected chi connectivity index (χ1v) is 9.12. The van der Waals surface area contributed by atoms with E-state index in [0.717, 1.165) is 30.9 Å². The van der Waals surface area contributed by atoms with Crippen LogP contribution in [0.15, 0.2) is 24.0 Å². The van der Waals surface area contributed by atoms with Crippen LogP contribution in [0.4, 0.5) is 0 Å². The second-order valence-electron chi connectivity index (χ2n) is 7.82. The van der Waals surface area contributed by atoms with Gasteiger partial charge in [-0.2, -0.15) is 0 Å². The van der Waals surface area contributed by atoms with Crippen molar-refractivity contribution in [3.8, 4) is 11.5 Å². The zero-order valence-electron chi connectivity index (χ0n) is 15.6. The molecule has 0 radical (unpaired) electrons. The quantitative estimate of drug-likeness (QED) is 0.833. The number of likely N-dealkylation sites (tertiary alicyclic amines) is 1. The number of hydrogen-bond donors (Lipinski definition) is 1. The Labute approximate surface area is 153 Å². The van der Waals surface area contributed by atoms with Crippen LogP contribution in [-0.2, 0) is 21.3 Å². The molecule has 1 saturated heterocycles. The van der Waals surface area contributed by atoms with E-state index in [9.17, 15) is 5.11 Å². The minimum absolute atomic E-state index is 0.101. The van der Waals surface area contributed by atoms with E-state index in [1.807, 2.05) is 12.1 Å². The molecule has 1 spiro atoms. The molecule has 1 fully saturated rings. The van der Waals surface area contributed by atoms with E-state index in [1.54, 1.807) is 21.3 Å². The third-order valence-corrected chi connectivity index (χ3v) is 7.13. The van der Waals surface area contributed by atoms with Crippen molar-refractivity contribution in [2.45, 2.75) is 36.2 Å². The topological polar surface area (TPSA) is 60.4 Å². The Bertz CT molecular complexity index is 802. The summed E-state index contributed by atoms with van der Waals surface area (Å²) >= 11 is 0. The van der Waals surface area contributed by atoms with Gasteiger partial charge in [-0.05, 0) is 44.1 Å². The summed E-state index contributed by atoms with van der Waals surface area (Å²) in [4.78, 5) is 2.40. The standard InChI is InChI=1S/C20H25NO5/c1-21-8-7-19-12-10-15(22)20(24-3,25-4)18(19)26-17-14(23-2)6-5-11(16(17)19)9-13(12)21/h5-6,10,12-13,18,22H,7-9H2,1-4H3. The van der Waals surface area contributed by atoms with E-state index in [4.69, 9.17) is 18.9 Å². The summed E-state index contributed by atoms with van der Waals surface area (Å²) in [7, 11) is 6.94. The number of likely N-dealkylation sites (N-methyl/N-ethyl adjacent to an activating group) is 1. The highest BCUT2D eigenvalue weighted by molar-refractivity contribution is 5.62. The Morgan fingerprint density at radius 2 is 2.00 bits per heavy atom. The van der Waals surface area contributed by atoms with Crippen LogP contribution in [0.2, 0.25) is 0 Å². The van der Waals surface area contributed by atoms with E-state index < -0.39 is 11.9 Å². The van der Waals surface area contributed by atoms with Crippen LogP contribution in [0.3, 0.4) is 0 Å². The summed E-state index contributed by atoms with van der Waals surface area (Å²) < 4.78 is 23.6. The fourth-order valence-electron chi connectivity index (χ4n) is 5.94. The van der Waals surface area contributed by atoms with Crippen molar-refractivity contribution in [1.82, 2.24) is 4.90 Å². The number of aliphatic hydroxyl groups excluding tert-OH is 1. The van der Waals surface area contributed by atoms with Gasteiger partial charge >= 0.3 is 0 Å². The number of nitrogens with zero attached hydrogens (tertiary/aromatic N) is 1. The van der Waals surface area contributed by atoms with Crippen LogP contribution in [-0.4, -0.2) is 62.9 Å². The molecule has 1 aromatic rings. The summed E-state index contributed by atoms with van der Waals surface area (Å²) in [6.07, 6.45) is 3.34. The lowest BCUT2D eigenvalue weighted by Crippen LogP contribution is -2.70. The highest BCUT2D eigenvalue weighted by Crippen LogP contribution is 2.65. The lowest BCUT2D eigenvalue weighted by Gasteiger charge is -2.58. The Morgan fingerprint density at radius 3 is 2.69 bits per heavy atom. The zero-order valence-corrected chi connectivity index (χ0v) is 15.6. The molecule has 26 heavy (non-hydrogen) atoms. The molecule has 4 atom stereocenters. The third kappa shape index (κ3) is 1.60. The number of aliphatic hydroxyl groups is 1. The van der Waals surface area contributed by atoms with E-state index in [2.05, 4.69) is 18.0 Å². The zero-order chi connectivity index (χ0) is 18.3. The van der Waals surface area contributed by atoms with Gasteiger partial charge in [-0.1, -0.05) is 6.07 Å². The minimum Gasteiger partial charge on any atom is -0.507 e. The van der Waals surface area contributed by atoms with Gasteiger partial charge in [-0.15, -0.1) is 0 Å². The molecule has 2 aliphatic carbocycles. The molecule has 140 valence electrons. The van der Waals surface area contributed by atoms with E-state index in [-0.39, 0.29) is 17.1 Å². The Morgan fingerprint density at radius 1 is 1.23 bits per heavy atom. The van der Waals surface area contributed by atoms with E-state index in [0.29, 0.717) is 6.04 Å². The smallest absolute Gasteiger partial charge is 0.265 e. The molecule has 6 nitrogen and oxygen atoms in total. The first kappa shape index (κ1) is 16.4. The number of piperidine rings is 1. The van der Waals surface area contributed by atoms with Crippen molar-refractivity contribution < 1.29 is 24.1 Å². The predicted molar refractivity (Wildman–Crippen MR) is 94.8 cm³/mol. The fourth-order valence-corrected chi connectivity index (χ4v) is 5.94. The average molecular weight is 359 g/mol. The SMILES string of the molecule is COc1ccc2c3c1OC1C(OC)(OC)C(O)=CC4C(C2)N(C)CCC341. The predicted octanol–water partition coefficient (Wildman–Crippen LogP) is 2.01. The molecule has 1 N–H and O–H groups in total. The van der Waals surface area contributed by atoms with Crippen molar-refractivity contribution in [2.75, 3.05) is 34.9 Å². The van der Waals surface area contributed by atoms with Gasteiger partial charge in [-0.25, -0.2) is 0 Å². The molecule has 2 heterocycles. The molecular formula is C20H25NO5. The van der Waals surface area contributed by atoms with Gasteiger partial charge in [0.15, 0.2) is 23.4 Å². The van der Waals surface area contributed by atoms with E-state index >= 15 is 0 Å². The van der Waals surface area contributed by atoms with Gasteiger partial charge in [0.05, 0.1) is 12.5 Å². The second kappa shape index (κ2) is 5.15. The van der Waals surface area contributed by atoms with Crippen molar-refractivity contribution in [3.05, 3.63) is 35.1 Å². The van der Waals surface area contributed by atoms with Gasteiger partial charge in [-0.3, -0.25) is 0 Å². The van der Waals surface area contributed by atoms with Gasteiger partial charge < -0.3 is 29.0 Å². The lowest BCUT2D eigenvalue weighted by atomic mass is 9.52. The monoisotopic (exact) mass is 359 g/mol. The maximum absolute atomic E-state index is 10.9. The minimum atomic E-state index is -1.31. The van der Waals surface area contributed by atoms with Gasteiger partial charge in [0.25, 0.3) is 5.79 Å². The van der Waals surface area contributed by atoms with Crippen LogP contribution in [0.1, 0.15) is 17.5 Å². The summed E-state index contributed by atoms with van der Waals surface area (Å²) in [5, 5.41) is 10.9. The molecule has 0 saturated carbocycles. The van der Waals surface area contributed by atoms with Crippen molar-refractivity contribution in [3.63, 3.8) is 0 Å². The van der Waals surface area contributed by atoms with Crippen LogP contribution in [0.5, 0.6) is 11.5 Å². The summed E-state index contributed by atoms with van der Waals surface area (Å²) in [5.41, 5.74) is 2.23. The maximum Gasteiger partial charge on any atom is 0.265 e. The molecule has 2 aliphatic heterocycles. The van der Waals surface area contributed by atoms with Crippen LogP contribution >= 0.6 is 0 Å². The molecule has 2 bridgehead atoms. The number of ether oxygens (including phenoxy) is 4. The normalized spacial score (nSPS) is 36.2. The molecule has 0 aromatic heterocycles. The van der Waals surface area contributed by atoms with Crippen molar-refractivity contribution >= 4 is 0 Å². The van der Waals surface area contributed by atoms with Crippen LogP contribution in [0, 0.1) is 5.92 Å². The third-order valence-electron chi connectivity index (χ3n) is 7.13. The number of hydrogen-bond acceptors (Lipinski definition) is 6. The molecule has 1 aromatic carbocycles. The second-order valence-corrected chi connectivity index (χ2v) is 7.82. The van der Waals surface area contributed by atoms with Crippen molar-refractivity contribution in [2.24, 2.45) is 5.92 Å². The molecule has 0 amide bonds. The average Bonchev–Trinajstić information content (AvgIpc) is 3.00. The Hall–Kier alpha value is -1.76. The lowest BCUT2D eigenvalue weighted by molar-refractivity contribution is -0.267. The number of methoxy groups -OCH3 is 3. The largest absolute Gasteiger partial charge is 0.507 e. The van der Waals surface area contributed by atoms with Crippen LogP contribution in [0.25, 0.3) is 0 Å². The molecular weight excluding hydrogens is 334 g/mol. The first-order chi connectivity index (χ1) is 12.5. The fraction of sp³-hybridized carbons (Fsp3) is 0.600. The van der Waals surface area contributed by atoms with Gasteiger partial charge in [0.1, 0.15) is 0 Å². The Kier molecular flexibility index (Phi) is 3.25. The number of benzene rings is 1. The summed E-state index contributed by atoms with van der Waals surface area (Å²) in [5.74, 6) is 0.443.